The molecule has 8 heteroatoms. The summed E-state index contributed by atoms with van der Waals surface area (Å²) in [5, 5.41) is 8.42. The number of amides is 4. The van der Waals surface area contributed by atoms with Crippen molar-refractivity contribution in [1.29, 1.82) is 0 Å². The van der Waals surface area contributed by atoms with Crippen LogP contribution in [0.3, 0.4) is 0 Å². The Labute approximate surface area is 171 Å². The van der Waals surface area contributed by atoms with E-state index in [9.17, 15) is 18.8 Å². The largest absolute Gasteiger partial charge is 0.352 e. The summed E-state index contributed by atoms with van der Waals surface area (Å²) in [7, 11) is 0. The molecule has 160 valence electrons. The average molecular weight is 407 g/mol. The lowest BCUT2D eigenvalue weighted by molar-refractivity contribution is -0.125. The molecule has 7 nitrogen and oxygen atoms in total. The van der Waals surface area contributed by atoms with Gasteiger partial charge in [0.2, 0.25) is 5.91 Å². The van der Waals surface area contributed by atoms with Crippen LogP contribution in [0.1, 0.15) is 50.4 Å². The Kier molecular flexibility index (Phi) is 8.42. The van der Waals surface area contributed by atoms with Crippen molar-refractivity contribution in [3.8, 4) is 0 Å². The van der Waals surface area contributed by atoms with E-state index in [-0.39, 0.29) is 29.5 Å². The maximum Gasteiger partial charge on any atom is 0.317 e. The molecule has 0 aromatic heterocycles. The van der Waals surface area contributed by atoms with E-state index in [2.05, 4.69) is 16.0 Å². The zero-order chi connectivity index (χ0) is 21.4. The first-order valence-electron chi connectivity index (χ1n) is 10.3. The van der Waals surface area contributed by atoms with Crippen LogP contribution in [0.2, 0.25) is 0 Å². The second-order valence-electron chi connectivity index (χ2n) is 7.41. The number of carbonyl (C=O) groups excluding carboxylic acids is 3. The van der Waals surface area contributed by atoms with E-state index in [0.29, 0.717) is 32.5 Å². The van der Waals surface area contributed by atoms with E-state index in [1.807, 2.05) is 20.8 Å². The highest BCUT2D eigenvalue weighted by Crippen LogP contribution is 2.22. The monoisotopic (exact) mass is 406 g/mol. The minimum Gasteiger partial charge on any atom is -0.352 e. The highest BCUT2D eigenvalue weighted by atomic mass is 19.1. The van der Waals surface area contributed by atoms with Crippen molar-refractivity contribution < 1.29 is 18.8 Å². The second-order valence-corrected chi connectivity index (χ2v) is 7.41. The summed E-state index contributed by atoms with van der Waals surface area (Å²) in [5.74, 6) is -1.66. The van der Waals surface area contributed by atoms with Crippen LogP contribution in [0.5, 0.6) is 0 Å². The van der Waals surface area contributed by atoms with E-state index < -0.39 is 17.8 Å². The number of carbonyl (C=O) groups is 3. The Hall–Kier alpha value is -2.64. The van der Waals surface area contributed by atoms with Crippen LogP contribution in [-0.4, -0.2) is 54.5 Å². The van der Waals surface area contributed by atoms with Crippen molar-refractivity contribution in [1.82, 2.24) is 20.9 Å². The molecule has 1 aromatic carbocycles. The normalized spacial score (nSPS) is 16.6. The van der Waals surface area contributed by atoms with Crippen molar-refractivity contribution in [3.63, 3.8) is 0 Å². The molecule has 2 atom stereocenters. The van der Waals surface area contributed by atoms with Gasteiger partial charge in [0.1, 0.15) is 11.9 Å². The molecule has 1 heterocycles. The lowest BCUT2D eigenvalue weighted by atomic mass is 9.88. The van der Waals surface area contributed by atoms with Crippen LogP contribution in [0.15, 0.2) is 24.3 Å². The maximum absolute atomic E-state index is 14.0. The highest BCUT2D eigenvalue weighted by Gasteiger charge is 2.34. The van der Waals surface area contributed by atoms with Gasteiger partial charge in [-0.2, -0.15) is 0 Å². The zero-order valence-corrected chi connectivity index (χ0v) is 17.3. The van der Waals surface area contributed by atoms with Gasteiger partial charge in [-0.3, -0.25) is 9.59 Å². The summed E-state index contributed by atoms with van der Waals surface area (Å²) >= 11 is 0. The van der Waals surface area contributed by atoms with Gasteiger partial charge in [-0.15, -0.1) is 0 Å². The van der Waals surface area contributed by atoms with Crippen LogP contribution in [0.25, 0.3) is 0 Å². The minimum absolute atomic E-state index is 0.0363. The van der Waals surface area contributed by atoms with Crippen molar-refractivity contribution in [2.75, 3.05) is 19.6 Å². The Morgan fingerprint density at radius 1 is 1.14 bits per heavy atom. The molecule has 0 bridgehead atoms. The number of halogens is 1. The number of urea groups is 1. The van der Waals surface area contributed by atoms with Crippen LogP contribution in [0, 0.1) is 11.7 Å². The van der Waals surface area contributed by atoms with Gasteiger partial charge < -0.3 is 20.9 Å². The van der Waals surface area contributed by atoms with E-state index in [1.54, 1.807) is 11.0 Å². The number of nitrogens with zero attached hydrogens (tertiary/aromatic N) is 1. The van der Waals surface area contributed by atoms with Gasteiger partial charge in [-0.05, 0) is 51.2 Å². The van der Waals surface area contributed by atoms with Crippen LogP contribution >= 0.6 is 0 Å². The summed E-state index contributed by atoms with van der Waals surface area (Å²) in [6.07, 6.45) is 1.91. The molecular formula is C21H31FN4O3. The lowest BCUT2D eigenvalue weighted by Gasteiger charge is -2.36. The third-order valence-corrected chi connectivity index (χ3v) is 5.31. The molecule has 1 aliphatic heterocycles. The first kappa shape index (κ1) is 22.6. The third-order valence-electron chi connectivity index (χ3n) is 5.31. The van der Waals surface area contributed by atoms with E-state index in [4.69, 9.17) is 0 Å². The number of hydrogen-bond donors (Lipinski definition) is 3. The number of nitrogens with one attached hydrogen (secondary N) is 3. The molecule has 0 unspecified atom stereocenters. The highest BCUT2D eigenvalue weighted by molar-refractivity contribution is 5.97. The summed E-state index contributed by atoms with van der Waals surface area (Å²) in [6, 6.07) is 4.76. The number of hydrogen-bond acceptors (Lipinski definition) is 3. The Bertz CT molecular complexity index is 720. The molecule has 1 saturated heterocycles. The van der Waals surface area contributed by atoms with Crippen LogP contribution in [0.4, 0.5) is 9.18 Å². The molecule has 0 spiro atoms. The van der Waals surface area contributed by atoms with Crippen molar-refractivity contribution in [2.24, 2.45) is 5.92 Å². The Morgan fingerprint density at radius 3 is 2.38 bits per heavy atom. The van der Waals surface area contributed by atoms with Crippen molar-refractivity contribution in [3.05, 3.63) is 35.6 Å². The fourth-order valence-electron chi connectivity index (χ4n) is 3.40. The summed E-state index contributed by atoms with van der Waals surface area (Å²) in [4.78, 5) is 39.2. The first-order valence-corrected chi connectivity index (χ1v) is 10.3. The topological polar surface area (TPSA) is 90.5 Å². The smallest absolute Gasteiger partial charge is 0.317 e. The standard InChI is InChI=1S/C21H31FN4O3/c1-4-14(3)24-20(28)18(25-19(27)16-8-6-7-9-17(16)22)15-10-12-26(13-11-15)21(29)23-5-2/h6-9,14-15,18H,4-5,10-13H2,1-3H3,(H,23,29)(H,24,28)(H,25,27)/t14-,18-/m1/s1. The van der Waals surface area contributed by atoms with Crippen LogP contribution < -0.4 is 16.0 Å². The molecule has 0 radical (unpaired) electrons. The number of rotatable bonds is 7. The Morgan fingerprint density at radius 2 is 1.79 bits per heavy atom. The van der Waals surface area contributed by atoms with Gasteiger partial charge >= 0.3 is 6.03 Å². The SMILES string of the molecule is CCNC(=O)N1CCC([C@@H](NC(=O)c2ccccc2F)C(=O)N[C@H](C)CC)CC1. The van der Waals surface area contributed by atoms with Gasteiger partial charge in [0, 0.05) is 25.7 Å². The maximum atomic E-state index is 14.0. The molecule has 0 aliphatic carbocycles. The molecule has 0 saturated carbocycles. The third kappa shape index (κ3) is 6.17. The van der Waals surface area contributed by atoms with Gasteiger partial charge in [0.05, 0.1) is 5.56 Å². The van der Waals surface area contributed by atoms with Gasteiger partial charge in [0.25, 0.3) is 5.91 Å². The molecule has 1 aromatic rings. The molecule has 2 rings (SSSR count). The molecule has 1 aliphatic rings. The van der Waals surface area contributed by atoms with E-state index in [0.717, 1.165) is 6.42 Å². The molecule has 4 amide bonds. The van der Waals surface area contributed by atoms with Gasteiger partial charge in [-0.25, -0.2) is 9.18 Å². The predicted molar refractivity (Wildman–Crippen MR) is 109 cm³/mol. The fraction of sp³-hybridized carbons (Fsp3) is 0.571. The molecule has 29 heavy (non-hydrogen) atoms. The van der Waals surface area contributed by atoms with Crippen LogP contribution in [-0.2, 0) is 4.79 Å². The fourth-order valence-corrected chi connectivity index (χ4v) is 3.40. The molecular weight excluding hydrogens is 375 g/mol. The number of benzene rings is 1. The Balaban J connectivity index is 2.11. The zero-order valence-electron chi connectivity index (χ0n) is 17.3. The number of piperidine rings is 1. The van der Waals surface area contributed by atoms with Gasteiger partial charge in [0.15, 0.2) is 0 Å². The van der Waals surface area contributed by atoms with Crippen molar-refractivity contribution >= 4 is 17.8 Å². The predicted octanol–water partition coefficient (Wildman–Crippen LogP) is 2.28. The lowest BCUT2D eigenvalue weighted by Crippen LogP contribution is -2.55. The minimum atomic E-state index is -0.785. The summed E-state index contributed by atoms with van der Waals surface area (Å²) < 4.78 is 14.0. The first-order chi connectivity index (χ1) is 13.9. The van der Waals surface area contributed by atoms with E-state index >= 15 is 0 Å². The number of likely N-dealkylation sites (tertiary alicyclic amines) is 1. The molecule has 1 fully saturated rings. The summed E-state index contributed by atoms with van der Waals surface area (Å²) in [6.45, 7) is 7.27. The second kappa shape index (κ2) is 10.8. The summed E-state index contributed by atoms with van der Waals surface area (Å²) in [5.41, 5.74) is -0.0893. The van der Waals surface area contributed by atoms with E-state index in [1.165, 1.54) is 18.2 Å². The van der Waals surface area contributed by atoms with Crippen molar-refractivity contribution in [2.45, 2.75) is 52.1 Å². The average Bonchev–Trinajstić information content (AvgIpc) is 2.72. The quantitative estimate of drug-likeness (QED) is 0.649. The molecule has 3 N–H and O–H groups in total. The van der Waals surface area contributed by atoms with Gasteiger partial charge in [-0.1, -0.05) is 19.1 Å².